The minimum atomic E-state index is -0.936. The Labute approximate surface area is 206 Å². The molecule has 2 aromatic rings. The summed E-state index contributed by atoms with van der Waals surface area (Å²) in [6.45, 7) is 7.27. The van der Waals surface area contributed by atoms with Crippen LogP contribution in [0.15, 0.2) is 30.3 Å². The summed E-state index contributed by atoms with van der Waals surface area (Å²) in [6, 6.07) is 8.65. The average molecular weight is 503 g/mol. The Hall–Kier alpha value is -2.33. The second kappa shape index (κ2) is 17.2. The molecule has 0 spiro atoms. The summed E-state index contributed by atoms with van der Waals surface area (Å²) >= 11 is 0. The number of hydrogen-bond acceptors (Lipinski definition) is 6. The number of nitrogens with one attached hydrogen (secondary N) is 2. The number of aliphatic hydroxyl groups is 4. The lowest BCUT2D eigenvalue weighted by Gasteiger charge is -2.26. The first-order valence-corrected chi connectivity index (χ1v) is 11.8. The van der Waals surface area contributed by atoms with E-state index in [0.29, 0.717) is 37.0 Å². The Kier molecular flexibility index (Phi) is 16.0. The van der Waals surface area contributed by atoms with Crippen LogP contribution in [0.2, 0.25) is 0 Å². The van der Waals surface area contributed by atoms with Gasteiger partial charge in [0.25, 0.3) is 0 Å². The van der Waals surface area contributed by atoms with Crippen LogP contribution >= 0.6 is 0 Å². The lowest BCUT2D eigenvalue weighted by molar-refractivity contribution is 0.0821. The SMILES string of the molecule is CC.CCc1cc(F)c(F)c(Nc2ccc(C)cc2)c1NC1(CC(O)CO)CC1.CF.OCCO. The van der Waals surface area contributed by atoms with E-state index in [4.69, 9.17) is 15.3 Å². The summed E-state index contributed by atoms with van der Waals surface area (Å²) < 4.78 is 38.4. The molecule has 0 saturated heterocycles. The fraction of sp³-hybridized carbons (Fsp3) is 0.538. The number of aliphatic hydroxyl groups excluding tert-OH is 4. The highest BCUT2D eigenvalue weighted by Gasteiger charge is 2.45. The van der Waals surface area contributed by atoms with Crippen LogP contribution in [-0.4, -0.2) is 59.1 Å². The van der Waals surface area contributed by atoms with Crippen molar-refractivity contribution in [2.24, 2.45) is 0 Å². The quantitative estimate of drug-likeness (QED) is 0.293. The summed E-state index contributed by atoms with van der Waals surface area (Å²) in [6.07, 6.45) is 1.65. The molecule has 200 valence electrons. The maximum Gasteiger partial charge on any atom is 0.184 e. The zero-order valence-corrected chi connectivity index (χ0v) is 21.3. The van der Waals surface area contributed by atoms with Crippen molar-refractivity contribution in [3.8, 4) is 0 Å². The molecule has 35 heavy (non-hydrogen) atoms. The molecule has 1 aliphatic rings. The van der Waals surface area contributed by atoms with Crippen molar-refractivity contribution in [1.82, 2.24) is 0 Å². The third-order valence-corrected chi connectivity index (χ3v) is 5.18. The van der Waals surface area contributed by atoms with Gasteiger partial charge in [-0.25, -0.2) is 8.78 Å². The molecule has 1 fully saturated rings. The molecule has 1 saturated carbocycles. The Bertz CT molecular complexity index is 845. The molecule has 6 nitrogen and oxygen atoms in total. The molecule has 1 aliphatic carbocycles. The van der Waals surface area contributed by atoms with Gasteiger partial charge in [-0.2, -0.15) is 0 Å². The first-order valence-electron chi connectivity index (χ1n) is 11.8. The van der Waals surface area contributed by atoms with Crippen LogP contribution in [0, 0.1) is 18.6 Å². The largest absolute Gasteiger partial charge is 0.394 e. The lowest BCUT2D eigenvalue weighted by Crippen LogP contribution is -2.30. The van der Waals surface area contributed by atoms with Gasteiger partial charge in [-0.05, 0) is 56.4 Å². The molecular formula is C26H41F3N2O4. The molecular weight excluding hydrogens is 461 g/mol. The fourth-order valence-electron chi connectivity index (χ4n) is 3.31. The van der Waals surface area contributed by atoms with Crippen molar-refractivity contribution in [3.63, 3.8) is 0 Å². The minimum absolute atomic E-state index is 0.0699. The van der Waals surface area contributed by atoms with Crippen LogP contribution in [-0.2, 0) is 6.42 Å². The van der Waals surface area contributed by atoms with Gasteiger partial charge in [0.05, 0.1) is 38.8 Å². The molecule has 9 heteroatoms. The van der Waals surface area contributed by atoms with Crippen molar-refractivity contribution in [2.45, 2.75) is 65.0 Å². The molecule has 1 atom stereocenters. The molecule has 0 heterocycles. The molecule has 0 aromatic heterocycles. The van der Waals surface area contributed by atoms with E-state index in [1.54, 1.807) is 0 Å². The number of aryl methyl sites for hydroxylation is 2. The van der Waals surface area contributed by atoms with E-state index >= 15 is 0 Å². The van der Waals surface area contributed by atoms with E-state index < -0.39 is 23.3 Å². The van der Waals surface area contributed by atoms with Crippen molar-refractivity contribution in [1.29, 1.82) is 0 Å². The molecule has 2 aromatic carbocycles. The van der Waals surface area contributed by atoms with Crippen molar-refractivity contribution < 1.29 is 33.6 Å². The van der Waals surface area contributed by atoms with Gasteiger partial charge in [-0.1, -0.05) is 38.5 Å². The van der Waals surface area contributed by atoms with Gasteiger partial charge in [0, 0.05) is 11.2 Å². The standard InChI is InChI=1S/C21H26F2N2O2.C2H6O2.C2H6.CH3F/c1-3-14-10-17(22)18(23)20(24-15-6-4-13(2)5-7-15)19(14)25-21(8-9-21)11-16(27)12-26;3-1-2-4;2*1-2/h4-7,10,16,24-27H,3,8-9,11-12H2,1-2H3;3-4H,1-2H2;1-2H3;1H3. The predicted molar refractivity (Wildman–Crippen MR) is 136 cm³/mol. The van der Waals surface area contributed by atoms with E-state index in [9.17, 15) is 18.3 Å². The van der Waals surface area contributed by atoms with Gasteiger partial charge in [0.15, 0.2) is 11.6 Å². The second-order valence-corrected chi connectivity index (χ2v) is 7.82. The number of anilines is 3. The number of alkyl halides is 1. The van der Waals surface area contributed by atoms with Crippen LogP contribution < -0.4 is 10.6 Å². The van der Waals surface area contributed by atoms with E-state index in [1.807, 2.05) is 52.0 Å². The topological polar surface area (TPSA) is 105 Å². The van der Waals surface area contributed by atoms with E-state index in [0.717, 1.165) is 18.4 Å². The number of hydrogen-bond donors (Lipinski definition) is 6. The maximum atomic E-state index is 14.7. The predicted octanol–water partition coefficient (Wildman–Crippen LogP) is 4.85. The number of halogens is 3. The first-order chi connectivity index (χ1) is 16.8. The molecule has 6 N–H and O–H groups in total. The van der Waals surface area contributed by atoms with Crippen LogP contribution in [0.5, 0.6) is 0 Å². The molecule has 1 unspecified atom stereocenters. The highest BCUT2D eigenvalue weighted by molar-refractivity contribution is 5.79. The van der Waals surface area contributed by atoms with Crippen LogP contribution in [0.4, 0.5) is 30.2 Å². The molecule has 0 amide bonds. The second-order valence-electron chi connectivity index (χ2n) is 7.82. The zero-order chi connectivity index (χ0) is 27.0. The number of benzene rings is 2. The Morgan fingerprint density at radius 2 is 1.51 bits per heavy atom. The highest BCUT2D eigenvalue weighted by Crippen LogP contribution is 2.46. The Morgan fingerprint density at radius 3 is 1.94 bits per heavy atom. The number of rotatable bonds is 9. The molecule has 0 aliphatic heterocycles. The van der Waals surface area contributed by atoms with Crippen LogP contribution in [0.1, 0.15) is 51.2 Å². The molecule has 0 bridgehead atoms. The smallest absolute Gasteiger partial charge is 0.184 e. The fourth-order valence-corrected chi connectivity index (χ4v) is 3.31. The van der Waals surface area contributed by atoms with Gasteiger partial charge >= 0.3 is 0 Å². The molecule has 3 rings (SSSR count). The third-order valence-electron chi connectivity index (χ3n) is 5.18. The first kappa shape index (κ1) is 32.7. The van der Waals surface area contributed by atoms with Gasteiger partial charge < -0.3 is 31.1 Å². The van der Waals surface area contributed by atoms with Gasteiger partial charge in [0.1, 0.15) is 5.69 Å². The highest BCUT2D eigenvalue weighted by atomic mass is 19.2. The summed E-state index contributed by atoms with van der Waals surface area (Å²) in [5.74, 6) is -1.83. The van der Waals surface area contributed by atoms with Crippen molar-refractivity contribution in [3.05, 3.63) is 53.1 Å². The summed E-state index contributed by atoms with van der Waals surface area (Å²) in [5, 5.41) is 40.6. The van der Waals surface area contributed by atoms with Gasteiger partial charge in [-0.15, -0.1) is 0 Å². The Balaban J connectivity index is 0.00000129. The normalized spacial score (nSPS) is 13.6. The Morgan fingerprint density at radius 1 is 0.971 bits per heavy atom. The van der Waals surface area contributed by atoms with E-state index in [-0.39, 0.29) is 25.5 Å². The van der Waals surface area contributed by atoms with Gasteiger partial charge in [-0.3, -0.25) is 4.39 Å². The van der Waals surface area contributed by atoms with Crippen molar-refractivity contribution >= 4 is 17.1 Å². The van der Waals surface area contributed by atoms with Crippen LogP contribution in [0.3, 0.4) is 0 Å². The van der Waals surface area contributed by atoms with E-state index in [2.05, 4.69) is 10.6 Å². The van der Waals surface area contributed by atoms with Gasteiger partial charge in [0.2, 0.25) is 0 Å². The van der Waals surface area contributed by atoms with E-state index in [1.165, 1.54) is 6.07 Å². The maximum absolute atomic E-state index is 14.7. The third kappa shape index (κ3) is 10.4. The van der Waals surface area contributed by atoms with Crippen LogP contribution in [0.25, 0.3) is 0 Å². The zero-order valence-electron chi connectivity index (χ0n) is 21.3. The summed E-state index contributed by atoms with van der Waals surface area (Å²) in [4.78, 5) is 0. The summed E-state index contributed by atoms with van der Waals surface area (Å²) in [5.41, 5.74) is 2.58. The average Bonchev–Trinajstić information content (AvgIpc) is 3.65. The molecule has 0 radical (unpaired) electrons. The minimum Gasteiger partial charge on any atom is -0.394 e. The summed E-state index contributed by atoms with van der Waals surface area (Å²) in [7, 11) is 0.500. The monoisotopic (exact) mass is 502 g/mol. The lowest BCUT2D eigenvalue weighted by atomic mass is 10.0. The van der Waals surface area contributed by atoms with Crippen molar-refractivity contribution in [2.75, 3.05) is 37.6 Å².